The molecule has 32 heavy (non-hydrogen) atoms. The standard InChI is InChI=1S/C25H31N3O3Si/c1-15-22(16(2)30-28-15)17-10-21-23(26-12-17)19-9-8-18(11-20(19)27-21)25(13-29-14-25)31-32(6,7)24(3,4)5/h8-12,27H,13-14H2,1-7H3. The molecule has 3 aromatic heterocycles. The third-order valence-corrected chi connectivity index (χ3v) is 11.7. The number of aromatic amines is 1. The van der Waals surface area contributed by atoms with Gasteiger partial charge in [0.2, 0.25) is 0 Å². The Morgan fingerprint density at radius 2 is 1.84 bits per heavy atom. The van der Waals surface area contributed by atoms with E-state index in [1.807, 2.05) is 20.0 Å². The largest absolute Gasteiger partial charge is 0.403 e. The number of nitrogens with one attached hydrogen (secondary N) is 1. The minimum absolute atomic E-state index is 0.138. The highest BCUT2D eigenvalue weighted by Crippen LogP contribution is 2.45. The van der Waals surface area contributed by atoms with Crippen molar-refractivity contribution < 1.29 is 13.7 Å². The summed E-state index contributed by atoms with van der Waals surface area (Å²) in [6, 6.07) is 8.67. The van der Waals surface area contributed by atoms with Crippen molar-refractivity contribution in [1.82, 2.24) is 15.1 Å². The zero-order valence-corrected chi connectivity index (χ0v) is 20.9. The average Bonchev–Trinajstić information content (AvgIpc) is 3.21. The summed E-state index contributed by atoms with van der Waals surface area (Å²) in [6.45, 7) is 16.5. The first kappa shape index (κ1) is 21.4. The molecule has 0 atom stereocenters. The second-order valence-corrected chi connectivity index (χ2v) is 15.3. The Kier molecular flexibility index (Phi) is 4.68. The van der Waals surface area contributed by atoms with Crippen LogP contribution in [0.2, 0.25) is 18.1 Å². The Hall–Kier alpha value is -2.48. The summed E-state index contributed by atoms with van der Waals surface area (Å²) >= 11 is 0. The van der Waals surface area contributed by atoms with Crippen molar-refractivity contribution in [3.8, 4) is 11.1 Å². The average molecular weight is 450 g/mol. The summed E-state index contributed by atoms with van der Waals surface area (Å²) in [5.74, 6) is 0.803. The van der Waals surface area contributed by atoms with Gasteiger partial charge in [-0.3, -0.25) is 4.98 Å². The number of hydrogen-bond donors (Lipinski definition) is 1. The van der Waals surface area contributed by atoms with Gasteiger partial charge >= 0.3 is 0 Å². The van der Waals surface area contributed by atoms with Crippen LogP contribution >= 0.6 is 0 Å². The second kappa shape index (κ2) is 7.01. The van der Waals surface area contributed by atoms with Gasteiger partial charge in [0.05, 0.1) is 29.9 Å². The molecule has 5 rings (SSSR count). The maximum Gasteiger partial charge on any atom is 0.193 e. The molecule has 1 fully saturated rings. The molecule has 7 heteroatoms. The van der Waals surface area contributed by atoms with E-state index in [0.717, 1.165) is 44.5 Å². The lowest BCUT2D eigenvalue weighted by Crippen LogP contribution is -2.57. The molecule has 4 aromatic rings. The molecule has 0 amide bonds. The minimum Gasteiger partial charge on any atom is -0.403 e. The molecule has 1 aliphatic rings. The fourth-order valence-corrected chi connectivity index (χ4v) is 5.82. The quantitative estimate of drug-likeness (QED) is 0.374. The third kappa shape index (κ3) is 3.22. The van der Waals surface area contributed by atoms with Crippen LogP contribution in [0.1, 0.15) is 37.8 Å². The number of aromatic nitrogens is 3. The Balaban J connectivity index is 1.57. The van der Waals surface area contributed by atoms with Crippen molar-refractivity contribution in [3.63, 3.8) is 0 Å². The highest BCUT2D eigenvalue weighted by molar-refractivity contribution is 6.74. The Bertz CT molecular complexity index is 1310. The van der Waals surface area contributed by atoms with Crippen LogP contribution in [0.5, 0.6) is 0 Å². The van der Waals surface area contributed by atoms with Gasteiger partial charge in [0.25, 0.3) is 0 Å². The van der Waals surface area contributed by atoms with Gasteiger partial charge in [-0.1, -0.05) is 38.1 Å². The number of pyridine rings is 1. The summed E-state index contributed by atoms with van der Waals surface area (Å²) in [6.07, 6.45) is 1.90. The molecular weight excluding hydrogens is 418 g/mol. The summed E-state index contributed by atoms with van der Waals surface area (Å²) in [5, 5.41) is 5.33. The number of fused-ring (bicyclic) bond motifs is 3. The predicted molar refractivity (Wildman–Crippen MR) is 129 cm³/mol. The fourth-order valence-electron chi connectivity index (χ4n) is 4.30. The maximum atomic E-state index is 6.90. The van der Waals surface area contributed by atoms with Crippen LogP contribution < -0.4 is 0 Å². The first-order chi connectivity index (χ1) is 15.0. The summed E-state index contributed by atoms with van der Waals surface area (Å²) in [7, 11) is -1.96. The smallest absolute Gasteiger partial charge is 0.193 e. The van der Waals surface area contributed by atoms with Crippen LogP contribution in [0.15, 0.2) is 35.0 Å². The van der Waals surface area contributed by atoms with Gasteiger partial charge in [-0.15, -0.1) is 0 Å². The van der Waals surface area contributed by atoms with Gasteiger partial charge in [-0.25, -0.2) is 0 Å². The molecule has 0 unspecified atom stereocenters. The SMILES string of the molecule is Cc1noc(C)c1-c1cnc2c(c1)[nH]c1cc(C3(O[Si](C)(C)C(C)(C)C)COC3)ccc12. The van der Waals surface area contributed by atoms with Crippen LogP contribution in [0.25, 0.3) is 33.1 Å². The molecule has 6 nitrogen and oxygen atoms in total. The fraction of sp³-hybridized carbons (Fsp3) is 0.440. The van der Waals surface area contributed by atoms with Crippen molar-refractivity contribution in [3.05, 3.63) is 47.5 Å². The van der Waals surface area contributed by atoms with E-state index in [1.165, 1.54) is 5.56 Å². The summed E-state index contributed by atoms with van der Waals surface area (Å²) in [4.78, 5) is 8.35. The number of aryl methyl sites for hydroxylation is 2. The number of nitrogens with zero attached hydrogens (tertiary/aromatic N) is 2. The lowest BCUT2D eigenvalue weighted by Gasteiger charge is -2.50. The van der Waals surface area contributed by atoms with Gasteiger partial charge < -0.3 is 18.7 Å². The molecular formula is C25H31N3O3Si. The second-order valence-electron chi connectivity index (χ2n) is 10.6. The number of benzene rings is 1. The Morgan fingerprint density at radius 3 is 2.44 bits per heavy atom. The number of rotatable bonds is 4. The first-order valence-corrected chi connectivity index (χ1v) is 14.0. The highest BCUT2D eigenvalue weighted by atomic mass is 28.4. The highest BCUT2D eigenvalue weighted by Gasteiger charge is 2.50. The summed E-state index contributed by atoms with van der Waals surface area (Å²) in [5.41, 5.74) is 6.70. The topological polar surface area (TPSA) is 73.2 Å². The lowest BCUT2D eigenvalue weighted by molar-refractivity contribution is -0.174. The van der Waals surface area contributed by atoms with Gasteiger partial charge in [-0.05, 0) is 49.7 Å². The number of H-pyrrole nitrogens is 1. The van der Waals surface area contributed by atoms with Crippen molar-refractivity contribution in [1.29, 1.82) is 0 Å². The van der Waals surface area contributed by atoms with E-state index in [4.69, 9.17) is 18.7 Å². The molecule has 0 spiro atoms. The van der Waals surface area contributed by atoms with E-state index >= 15 is 0 Å². The van der Waals surface area contributed by atoms with Crippen LogP contribution in [-0.2, 0) is 14.8 Å². The van der Waals surface area contributed by atoms with E-state index < -0.39 is 8.32 Å². The Labute approximate surface area is 189 Å². The normalized spacial score (nSPS) is 16.6. The van der Waals surface area contributed by atoms with Crippen LogP contribution in [-0.4, -0.2) is 36.7 Å². The first-order valence-electron chi connectivity index (χ1n) is 11.1. The van der Waals surface area contributed by atoms with Gasteiger partial charge in [0.1, 0.15) is 11.4 Å². The van der Waals surface area contributed by atoms with Crippen LogP contribution in [0, 0.1) is 13.8 Å². The summed E-state index contributed by atoms with van der Waals surface area (Å²) < 4.78 is 17.9. The van der Waals surface area contributed by atoms with Crippen LogP contribution in [0.4, 0.5) is 0 Å². The lowest BCUT2D eigenvalue weighted by atomic mass is 9.91. The van der Waals surface area contributed by atoms with E-state index in [1.54, 1.807) is 0 Å². The Morgan fingerprint density at radius 1 is 1.09 bits per heavy atom. The molecule has 0 saturated carbocycles. The molecule has 1 aliphatic heterocycles. The molecule has 4 heterocycles. The van der Waals surface area contributed by atoms with E-state index in [2.05, 4.69) is 68.3 Å². The van der Waals surface area contributed by atoms with Crippen molar-refractivity contribution in [2.75, 3.05) is 13.2 Å². The number of ether oxygens (including phenoxy) is 1. The number of hydrogen-bond acceptors (Lipinski definition) is 5. The molecule has 0 bridgehead atoms. The predicted octanol–water partition coefficient (Wildman–Crippen LogP) is 6.24. The minimum atomic E-state index is -1.96. The van der Waals surface area contributed by atoms with Gasteiger partial charge in [0.15, 0.2) is 8.32 Å². The van der Waals surface area contributed by atoms with Gasteiger partial charge in [-0.2, -0.15) is 0 Å². The molecule has 1 aromatic carbocycles. The maximum absolute atomic E-state index is 6.90. The van der Waals surface area contributed by atoms with Gasteiger partial charge in [0, 0.05) is 28.2 Å². The van der Waals surface area contributed by atoms with Crippen molar-refractivity contribution in [2.24, 2.45) is 0 Å². The van der Waals surface area contributed by atoms with Crippen LogP contribution in [0.3, 0.4) is 0 Å². The van der Waals surface area contributed by atoms with E-state index in [9.17, 15) is 0 Å². The molecule has 0 aliphatic carbocycles. The van der Waals surface area contributed by atoms with Crippen molar-refractivity contribution in [2.45, 2.75) is 58.4 Å². The molecule has 168 valence electrons. The zero-order valence-electron chi connectivity index (χ0n) is 19.9. The monoisotopic (exact) mass is 449 g/mol. The zero-order chi connectivity index (χ0) is 22.9. The van der Waals surface area contributed by atoms with Crippen molar-refractivity contribution >= 4 is 30.3 Å². The molecule has 1 N–H and O–H groups in total. The van der Waals surface area contributed by atoms with E-state index in [0.29, 0.717) is 13.2 Å². The third-order valence-electron chi connectivity index (χ3n) is 7.21. The molecule has 1 saturated heterocycles. The molecule has 0 radical (unpaired) electrons. The van der Waals surface area contributed by atoms with E-state index in [-0.39, 0.29) is 10.6 Å².